The van der Waals surface area contributed by atoms with E-state index < -0.39 is 0 Å². The van der Waals surface area contributed by atoms with E-state index in [9.17, 15) is 4.79 Å². The molecule has 1 fully saturated rings. The molecule has 1 unspecified atom stereocenters. The van der Waals surface area contributed by atoms with Gasteiger partial charge >= 0.3 is 0 Å². The Morgan fingerprint density at radius 1 is 1.48 bits per heavy atom. The maximum Gasteiger partial charge on any atom is 0.253 e. The second kappa shape index (κ2) is 6.20. The van der Waals surface area contributed by atoms with E-state index in [2.05, 4.69) is 10.3 Å². The van der Waals surface area contributed by atoms with Crippen molar-refractivity contribution in [1.29, 1.82) is 0 Å². The Balaban J connectivity index is 1.72. The van der Waals surface area contributed by atoms with E-state index in [0.29, 0.717) is 18.7 Å². The first-order chi connectivity index (χ1) is 10.2. The van der Waals surface area contributed by atoms with Crippen molar-refractivity contribution in [3.63, 3.8) is 0 Å². The summed E-state index contributed by atoms with van der Waals surface area (Å²) >= 11 is 0. The number of fused-ring (bicyclic) bond motifs is 1. The zero-order valence-corrected chi connectivity index (χ0v) is 12.1. The first-order valence-corrected chi connectivity index (χ1v) is 7.16. The highest BCUT2D eigenvalue weighted by Gasteiger charge is 2.19. The van der Waals surface area contributed by atoms with Crippen LogP contribution in [0, 0.1) is 0 Å². The standard InChI is InChI=1S/C16H19N3O2/c1-19(11-14-10-17-7-8-21-14)16(20)13-4-5-15-12(9-13)3-2-6-18-15/h2-6,9,14,17H,7-8,10-11H2,1H3. The molecule has 1 aromatic heterocycles. The Morgan fingerprint density at radius 2 is 2.38 bits per heavy atom. The Morgan fingerprint density at radius 3 is 3.19 bits per heavy atom. The first kappa shape index (κ1) is 14.0. The number of carbonyl (C=O) groups excluding carboxylic acids is 1. The summed E-state index contributed by atoms with van der Waals surface area (Å²) in [6, 6.07) is 9.44. The summed E-state index contributed by atoms with van der Waals surface area (Å²) in [5.74, 6) is 0.00919. The van der Waals surface area contributed by atoms with Gasteiger partial charge in [-0.05, 0) is 24.3 Å². The largest absolute Gasteiger partial charge is 0.374 e. The maximum atomic E-state index is 12.5. The number of nitrogens with zero attached hydrogens (tertiary/aromatic N) is 2. The van der Waals surface area contributed by atoms with Crippen molar-refractivity contribution in [3.05, 3.63) is 42.1 Å². The molecule has 1 aliphatic rings. The van der Waals surface area contributed by atoms with Crippen molar-refractivity contribution in [2.75, 3.05) is 33.3 Å². The molecule has 5 nitrogen and oxygen atoms in total. The zero-order chi connectivity index (χ0) is 14.7. The summed E-state index contributed by atoms with van der Waals surface area (Å²) in [4.78, 5) is 18.5. The van der Waals surface area contributed by atoms with Gasteiger partial charge in [0.15, 0.2) is 0 Å². The number of ether oxygens (including phenoxy) is 1. The van der Waals surface area contributed by atoms with Crippen molar-refractivity contribution in [1.82, 2.24) is 15.2 Å². The highest BCUT2D eigenvalue weighted by Crippen LogP contribution is 2.15. The van der Waals surface area contributed by atoms with Crippen molar-refractivity contribution in [2.45, 2.75) is 6.10 Å². The fraction of sp³-hybridized carbons (Fsp3) is 0.375. The number of pyridine rings is 1. The molecule has 0 radical (unpaired) electrons. The Bertz CT molecular complexity index is 638. The Labute approximate surface area is 123 Å². The SMILES string of the molecule is CN(CC1CNCCO1)C(=O)c1ccc2ncccc2c1. The number of hydrogen-bond acceptors (Lipinski definition) is 4. The molecule has 21 heavy (non-hydrogen) atoms. The molecule has 0 bridgehead atoms. The lowest BCUT2D eigenvalue weighted by molar-refractivity contribution is 0.0104. The van der Waals surface area contributed by atoms with Crippen LogP contribution in [0.15, 0.2) is 36.5 Å². The van der Waals surface area contributed by atoms with Crippen LogP contribution in [0.4, 0.5) is 0 Å². The zero-order valence-electron chi connectivity index (χ0n) is 12.1. The normalized spacial score (nSPS) is 18.6. The van der Waals surface area contributed by atoms with Crippen molar-refractivity contribution < 1.29 is 9.53 Å². The van der Waals surface area contributed by atoms with Crippen LogP contribution in [0.3, 0.4) is 0 Å². The lowest BCUT2D eigenvalue weighted by atomic mass is 10.1. The number of likely N-dealkylation sites (N-methyl/N-ethyl adjacent to an activating group) is 1. The van der Waals surface area contributed by atoms with E-state index in [4.69, 9.17) is 4.74 Å². The van der Waals surface area contributed by atoms with Crippen LogP contribution in [0.2, 0.25) is 0 Å². The second-order valence-electron chi connectivity index (χ2n) is 5.29. The minimum Gasteiger partial charge on any atom is -0.374 e. The number of carbonyl (C=O) groups is 1. The molecule has 2 aromatic rings. The van der Waals surface area contributed by atoms with E-state index in [1.54, 1.807) is 11.1 Å². The minimum atomic E-state index is 0.00919. The Hall–Kier alpha value is -1.98. The molecule has 5 heteroatoms. The van der Waals surface area contributed by atoms with Gasteiger partial charge in [-0.1, -0.05) is 6.07 Å². The molecule has 3 rings (SSSR count). The van der Waals surface area contributed by atoms with Gasteiger partial charge in [-0.2, -0.15) is 0 Å². The molecule has 110 valence electrons. The summed E-state index contributed by atoms with van der Waals surface area (Å²) in [5, 5.41) is 4.25. The second-order valence-corrected chi connectivity index (χ2v) is 5.29. The van der Waals surface area contributed by atoms with Gasteiger partial charge in [0.2, 0.25) is 0 Å². The molecule has 1 saturated heterocycles. The highest BCUT2D eigenvalue weighted by molar-refractivity contribution is 5.97. The summed E-state index contributed by atoms with van der Waals surface area (Å²) in [6.45, 7) is 2.97. The third-order valence-electron chi connectivity index (χ3n) is 3.68. The van der Waals surface area contributed by atoms with Crippen molar-refractivity contribution in [3.8, 4) is 0 Å². The number of hydrogen-bond donors (Lipinski definition) is 1. The Kier molecular flexibility index (Phi) is 4.13. The van der Waals surface area contributed by atoms with E-state index in [1.807, 2.05) is 37.4 Å². The van der Waals surface area contributed by atoms with Gasteiger partial charge in [-0.15, -0.1) is 0 Å². The van der Waals surface area contributed by atoms with Gasteiger partial charge in [0.1, 0.15) is 0 Å². The lowest BCUT2D eigenvalue weighted by Crippen LogP contribution is -2.45. The van der Waals surface area contributed by atoms with Crippen LogP contribution in [-0.2, 0) is 4.74 Å². The molecule has 0 spiro atoms. The van der Waals surface area contributed by atoms with Crippen molar-refractivity contribution in [2.24, 2.45) is 0 Å². The number of rotatable bonds is 3. The predicted octanol–water partition coefficient (Wildman–Crippen LogP) is 1.30. The van der Waals surface area contributed by atoms with Gasteiger partial charge in [0, 0.05) is 43.8 Å². The molecule has 1 atom stereocenters. The number of morpholine rings is 1. The number of amides is 1. The van der Waals surface area contributed by atoms with E-state index >= 15 is 0 Å². The highest BCUT2D eigenvalue weighted by atomic mass is 16.5. The predicted molar refractivity (Wildman–Crippen MR) is 81.3 cm³/mol. The first-order valence-electron chi connectivity index (χ1n) is 7.16. The third kappa shape index (κ3) is 3.20. The quantitative estimate of drug-likeness (QED) is 0.923. The fourth-order valence-electron chi connectivity index (χ4n) is 2.55. The molecule has 0 aliphatic carbocycles. The van der Waals surface area contributed by atoms with Crippen LogP contribution >= 0.6 is 0 Å². The van der Waals surface area contributed by atoms with Crippen LogP contribution in [0.1, 0.15) is 10.4 Å². The number of aromatic nitrogens is 1. The topological polar surface area (TPSA) is 54.5 Å². The van der Waals surface area contributed by atoms with Crippen molar-refractivity contribution >= 4 is 16.8 Å². The molecule has 0 saturated carbocycles. The number of nitrogens with one attached hydrogen (secondary N) is 1. The monoisotopic (exact) mass is 285 g/mol. The molecular formula is C16H19N3O2. The van der Waals surface area contributed by atoms with E-state index in [-0.39, 0.29) is 12.0 Å². The smallest absolute Gasteiger partial charge is 0.253 e. The summed E-state index contributed by atoms with van der Waals surface area (Å²) < 4.78 is 5.64. The van der Waals surface area contributed by atoms with Crippen LogP contribution < -0.4 is 5.32 Å². The number of benzene rings is 1. The van der Waals surface area contributed by atoms with Gasteiger partial charge in [-0.3, -0.25) is 9.78 Å². The lowest BCUT2D eigenvalue weighted by Gasteiger charge is -2.28. The average Bonchev–Trinajstić information content (AvgIpc) is 2.54. The van der Waals surface area contributed by atoms with Gasteiger partial charge in [0.25, 0.3) is 5.91 Å². The molecule has 1 aliphatic heterocycles. The van der Waals surface area contributed by atoms with Crippen LogP contribution in [0.5, 0.6) is 0 Å². The minimum absolute atomic E-state index is 0.00919. The van der Waals surface area contributed by atoms with Gasteiger partial charge in [-0.25, -0.2) is 0 Å². The molecule has 1 amide bonds. The summed E-state index contributed by atoms with van der Waals surface area (Å²) in [6.07, 6.45) is 1.82. The maximum absolute atomic E-state index is 12.5. The van der Waals surface area contributed by atoms with E-state index in [1.165, 1.54) is 0 Å². The molecule has 2 heterocycles. The van der Waals surface area contributed by atoms with Crippen LogP contribution in [0.25, 0.3) is 10.9 Å². The van der Waals surface area contributed by atoms with Gasteiger partial charge in [0.05, 0.1) is 18.2 Å². The molecular weight excluding hydrogens is 266 g/mol. The average molecular weight is 285 g/mol. The van der Waals surface area contributed by atoms with Crippen LogP contribution in [-0.4, -0.2) is 55.2 Å². The summed E-state index contributed by atoms with van der Waals surface area (Å²) in [5.41, 5.74) is 1.58. The summed E-state index contributed by atoms with van der Waals surface area (Å²) in [7, 11) is 1.81. The molecule has 1 aromatic carbocycles. The third-order valence-corrected chi connectivity index (χ3v) is 3.68. The van der Waals surface area contributed by atoms with E-state index in [0.717, 1.165) is 24.0 Å². The van der Waals surface area contributed by atoms with Gasteiger partial charge < -0.3 is 15.0 Å². The fourth-order valence-corrected chi connectivity index (χ4v) is 2.55. The molecule has 1 N–H and O–H groups in total.